The molecule has 0 aliphatic heterocycles. The summed E-state index contributed by atoms with van der Waals surface area (Å²) in [6, 6.07) is 9.98. The van der Waals surface area contributed by atoms with Crippen LogP contribution in [0.15, 0.2) is 36.4 Å². The van der Waals surface area contributed by atoms with Gasteiger partial charge in [0.15, 0.2) is 0 Å². The second-order valence-electron chi connectivity index (χ2n) is 6.85. The molecule has 164 valence electrons. The molecule has 0 aliphatic rings. The number of aryl methyl sites for hydroxylation is 1. The van der Waals surface area contributed by atoms with Crippen LogP contribution >= 0.6 is 11.6 Å². The van der Waals surface area contributed by atoms with Gasteiger partial charge in [0, 0.05) is 0 Å². The first-order valence-electron chi connectivity index (χ1n) is 9.35. The number of hydrogen-bond acceptors (Lipinski definition) is 5. The molecule has 0 spiro atoms. The number of carbonyl (C=O) groups is 1. The van der Waals surface area contributed by atoms with Gasteiger partial charge in [-0.3, -0.25) is 9.10 Å². The van der Waals surface area contributed by atoms with Gasteiger partial charge < -0.3 is 14.8 Å². The lowest BCUT2D eigenvalue weighted by molar-refractivity contribution is -0.120. The topological polar surface area (TPSA) is 84.9 Å². The SMILES string of the molecule is CC[C@@H](NC(=O)CN(c1ccc(OC)c(Cl)c1)S(C)(=O)=O)c1ccc(OC)c(C)c1. The average molecular weight is 455 g/mol. The second kappa shape index (κ2) is 10.0. The standard InChI is InChI=1S/C21H27ClN2O5S/c1-6-18(15-7-9-19(28-3)14(2)11-15)23-21(25)13-24(30(5,26)27)16-8-10-20(29-4)17(22)12-16/h7-12,18H,6,13H2,1-5H3,(H,23,25)/t18-/m1/s1. The number of carbonyl (C=O) groups excluding carboxylic acids is 1. The summed E-state index contributed by atoms with van der Waals surface area (Å²) in [5.74, 6) is 0.756. The fraction of sp³-hybridized carbons (Fsp3) is 0.381. The highest BCUT2D eigenvalue weighted by Gasteiger charge is 2.23. The van der Waals surface area contributed by atoms with Crippen molar-refractivity contribution in [1.82, 2.24) is 5.32 Å². The van der Waals surface area contributed by atoms with Gasteiger partial charge in [-0.15, -0.1) is 0 Å². The van der Waals surface area contributed by atoms with Crippen LogP contribution in [0.4, 0.5) is 5.69 Å². The van der Waals surface area contributed by atoms with E-state index in [1.54, 1.807) is 19.2 Å². The summed E-state index contributed by atoms with van der Waals surface area (Å²) in [5.41, 5.74) is 2.16. The number of amides is 1. The van der Waals surface area contributed by atoms with E-state index in [1.807, 2.05) is 32.0 Å². The fourth-order valence-corrected chi connectivity index (χ4v) is 4.22. The van der Waals surface area contributed by atoms with E-state index in [-0.39, 0.29) is 23.3 Å². The minimum atomic E-state index is -3.72. The predicted molar refractivity (Wildman–Crippen MR) is 119 cm³/mol. The zero-order chi connectivity index (χ0) is 22.5. The molecule has 0 saturated carbocycles. The molecule has 1 amide bonds. The van der Waals surface area contributed by atoms with Crippen LogP contribution in [0.3, 0.4) is 0 Å². The van der Waals surface area contributed by atoms with Crippen molar-refractivity contribution in [2.45, 2.75) is 26.3 Å². The Kier molecular flexibility index (Phi) is 7.97. The maximum absolute atomic E-state index is 12.7. The number of halogens is 1. The van der Waals surface area contributed by atoms with Gasteiger partial charge in [-0.05, 0) is 48.7 Å². The normalized spacial score (nSPS) is 12.2. The molecule has 2 aromatic rings. The predicted octanol–water partition coefficient (Wildman–Crippen LogP) is 3.70. The van der Waals surface area contributed by atoms with E-state index in [0.717, 1.165) is 27.4 Å². The number of hydrogen-bond donors (Lipinski definition) is 1. The Balaban J connectivity index is 2.23. The molecule has 0 aromatic heterocycles. The van der Waals surface area contributed by atoms with E-state index in [0.29, 0.717) is 12.2 Å². The number of nitrogens with one attached hydrogen (secondary N) is 1. The first-order chi connectivity index (χ1) is 14.1. The number of sulfonamides is 1. The molecule has 0 heterocycles. The molecule has 2 rings (SSSR count). The highest BCUT2D eigenvalue weighted by Crippen LogP contribution is 2.30. The van der Waals surface area contributed by atoms with E-state index in [2.05, 4.69) is 5.32 Å². The van der Waals surface area contributed by atoms with E-state index in [4.69, 9.17) is 21.1 Å². The van der Waals surface area contributed by atoms with Crippen molar-refractivity contribution in [3.05, 3.63) is 52.5 Å². The van der Waals surface area contributed by atoms with Crippen LogP contribution in [0.1, 0.15) is 30.5 Å². The summed E-state index contributed by atoms with van der Waals surface area (Å²) in [6.07, 6.45) is 1.69. The lowest BCUT2D eigenvalue weighted by atomic mass is 10.0. The first kappa shape index (κ1) is 23.8. The lowest BCUT2D eigenvalue weighted by Crippen LogP contribution is -2.41. The van der Waals surface area contributed by atoms with Crippen molar-refractivity contribution in [2.75, 3.05) is 31.3 Å². The minimum Gasteiger partial charge on any atom is -0.496 e. The van der Waals surface area contributed by atoms with Crippen molar-refractivity contribution in [1.29, 1.82) is 0 Å². The summed E-state index contributed by atoms with van der Waals surface area (Å²) in [4.78, 5) is 12.7. The van der Waals surface area contributed by atoms with E-state index in [1.165, 1.54) is 13.2 Å². The van der Waals surface area contributed by atoms with Crippen LogP contribution in [-0.4, -0.2) is 41.3 Å². The summed E-state index contributed by atoms with van der Waals surface area (Å²) in [7, 11) is -0.646. The van der Waals surface area contributed by atoms with Crippen molar-refractivity contribution < 1.29 is 22.7 Å². The van der Waals surface area contributed by atoms with Crippen LogP contribution in [-0.2, 0) is 14.8 Å². The first-order valence-corrected chi connectivity index (χ1v) is 11.6. The number of nitrogens with zero attached hydrogens (tertiary/aromatic N) is 1. The molecule has 7 nitrogen and oxygen atoms in total. The highest BCUT2D eigenvalue weighted by molar-refractivity contribution is 7.92. The summed E-state index contributed by atoms with van der Waals surface area (Å²) in [6.45, 7) is 3.50. The number of rotatable bonds is 9. The molecule has 9 heteroatoms. The Morgan fingerprint density at radius 2 is 1.77 bits per heavy atom. The molecule has 2 aromatic carbocycles. The quantitative estimate of drug-likeness (QED) is 0.624. The Bertz CT molecular complexity index is 1010. The average Bonchev–Trinajstić information content (AvgIpc) is 2.69. The molecule has 1 N–H and O–H groups in total. The number of ether oxygens (including phenoxy) is 2. The number of methoxy groups -OCH3 is 2. The summed E-state index contributed by atoms with van der Waals surface area (Å²) in [5, 5.41) is 3.17. The van der Waals surface area contributed by atoms with Crippen LogP contribution < -0.4 is 19.1 Å². The van der Waals surface area contributed by atoms with Crippen LogP contribution in [0.5, 0.6) is 11.5 Å². The lowest BCUT2D eigenvalue weighted by Gasteiger charge is -2.24. The number of anilines is 1. The molecule has 30 heavy (non-hydrogen) atoms. The molecule has 0 aliphatic carbocycles. The Morgan fingerprint density at radius 1 is 1.13 bits per heavy atom. The van der Waals surface area contributed by atoms with Gasteiger partial charge in [-0.1, -0.05) is 30.7 Å². The summed E-state index contributed by atoms with van der Waals surface area (Å²) < 4.78 is 36.1. The smallest absolute Gasteiger partial charge is 0.241 e. The third kappa shape index (κ3) is 5.79. The maximum Gasteiger partial charge on any atom is 0.241 e. The molecular weight excluding hydrogens is 428 g/mol. The van der Waals surface area contributed by atoms with Crippen LogP contribution in [0.25, 0.3) is 0 Å². The van der Waals surface area contributed by atoms with E-state index >= 15 is 0 Å². The van der Waals surface area contributed by atoms with Gasteiger partial charge >= 0.3 is 0 Å². The Hall–Kier alpha value is -2.45. The molecular formula is C21H27ClN2O5S. The third-order valence-electron chi connectivity index (χ3n) is 4.68. The molecule has 0 radical (unpaired) electrons. The summed E-state index contributed by atoms with van der Waals surface area (Å²) >= 11 is 6.13. The zero-order valence-electron chi connectivity index (χ0n) is 17.7. The fourth-order valence-electron chi connectivity index (χ4n) is 3.12. The van der Waals surface area contributed by atoms with Crippen molar-refractivity contribution >= 4 is 33.2 Å². The third-order valence-corrected chi connectivity index (χ3v) is 6.11. The van der Waals surface area contributed by atoms with Gasteiger partial charge in [0.25, 0.3) is 0 Å². The maximum atomic E-state index is 12.7. The monoisotopic (exact) mass is 454 g/mol. The zero-order valence-corrected chi connectivity index (χ0v) is 19.3. The minimum absolute atomic E-state index is 0.254. The molecule has 0 fully saturated rings. The molecule has 0 bridgehead atoms. The second-order valence-corrected chi connectivity index (χ2v) is 9.16. The molecule has 0 saturated heterocycles. The van der Waals surface area contributed by atoms with Gasteiger partial charge in [-0.2, -0.15) is 0 Å². The van der Waals surface area contributed by atoms with Gasteiger partial charge in [-0.25, -0.2) is 8.42 Å². The molecule has 1 atom stereocenters. The van der Waals surface area contributed by atoms with Gasteiger partial charge in [0.2, 0.25) is 15.9 Å². The van der Waals surface area contributed by atoms with Crippen molar-refractivity contribution in [2.24, 2.45) is 0 Å². The van der Waals surface area contributed by atoms with Crippen LogP contribution in [0.2, 0.25) is 5.02 Å². The highest BCUT2D eigenvalue weighted by atomic mass is 35.5. The molecule has 0 unspecified atom stereocenters. The largest absolute Gasteiger partial charge is 0.496 e. The van der Waals surface area contributed by atoms with E-state index < -0.39 is 15.9 Å². The van der Waals surface area contributed by atoms with Gasteiger partial charge in [0.05, 0.1) is 37.2 Å². The van der Waals surface area contributed by atoms with Crippen LogP contribution in [0, 0.1) is 6.92 Å². The Labute approximate surface area is 183 Å². The Morgan fingerprint density at radius 3 is 2.27 bits per heavy atom. The van der Waals surface area contributed by atoms with E-state index in [9.17, 15) is 13.2 Å². The number of benzene rings is 2. The van der Waals surface area contributed by atoms with Crippen molar-refractivity contribution in [3.8, 4) is 11.5 Å². The van der Waals surface area contributed by atoms with Crippen molar-refractivity contribution in [3.63, 3.8) is 0 Å². The van der Waals surface area contributed by atoms with Gasteiger partial charge in [0.1, 0.15) is 18.0 Å².